The van der Waals surface area contributed by atoms with Gasteiger partial charge in [-0.05, 0) is 47.5 Å². The molecular formula is C19H22FNOS. The number of rotatable bonds is 5. The Morgan fingerprint density at radius 1 is 1.26 bits per heavy atom. The van der Waals surface area contributed by atoms with E-state index in [-0.39, 0.29) is 17.8 Å². The van der Waals surface area contributed by atoms with Crippen LogP contribution in [0.2, 0.25) is 0 Å². The number of fused-ring (bicyclic) bond motifs is 1. The van der Waals surface area contributed by atoms with Gasteiger partial charge in [0.25, 0.3) is 0 Å². The molecule has 1 aromatic heterocycles. The van der Waals surface area contributed by atoms with Gasteiger partial charge in [-0.15, -0.1) is 11.3 Å². The van der Waals surface area contributed by atoms with Gasteiger partial charge in [0.05, 0.1) is 6.04 Å². The largest absolute Gasteiger partial charge is 0.331 e. The molecule has 0 spiro atoms. The van der Waals surface area contributed by atoms with E-state index in [1.807, 2.05) is 4.90 Å². The van der Waals surface area contributed by atoms with Gasteiger partial charge in [-0.3, -0.25) is 4.79 Å². The van der Waals surface area contributed by atoms with Crippen LogP contribution in [0.4, 0.5) is 4.39 Å². The predicted molar refractivity (Wildman–Crippen MR) is 92.1 cm³/mol. The molecule has 0 unspecified atom stereocenters. The average molecular weight is 331 g/mol. The Bertz CT molecular complexity index is 664. The van der Waals surface area contributed by atoms with Crippen LogP contribution >= 0.6 is 11.3 Å². The van der Waals surface area contributed by atoms with Gasteiger partial charge in [-0.2, -0.15) is 0 Å². The second-order valence-corrected chi connectivity index (χ2v) is 7.05. The summed E-state index contributed by atoms with van der Waals surface area (Å²) in [6.45, 7) is 2.89. The zero-order valence-electron chi connectivity index (χ0n) is 13.4. The zero-order chi connectivity index (χ0) is 16.2. The van der Waals surface area contributed by atoms with Crippen molar-refractivity contribution in [1.29, 1.82) is 0 Å². The molecule has 2 nitrogen and oxygen atoms in total. The van der Waals surface area contributed by atoms with Gasteiger partial charge in [-0.25, -0.2) is 4.39 Å². The number of carbonyl (C=O) groups excluding carboxylic acids is 1. The molecule has 0 aliphatic carbocycles. The van der Waals surface area contributed by atoms with Crippen molar-refractivity contribution in [1.82, 2.24) is 4.90 Å². The molecule has 0 N–H and O–H groups in total. The summed E-state index contributed by atoms with van der Waals surface area (Å²) in [5.74, 6) is -0.0273. The Morgan fingerprint density at radius 3 is 2.78 bits per heavy atom. The molecule has 1 atom stereocenters. The SMILES string of the molecule is CCCCCC(=O)N1CCc2sccc2[C@@H]1c1ccc(F)cc1. The summed E-state index contributed by atoms with van der Waals surface area (Å²) in [4.78, 5) is 16.0. The summed E-state index contributed by atoms with van der Waals surface area (Å²) in [6.07, 6.45) is 4.67. The lowest BCUT2D eigenvalue weighted by Gasteiger charge is -2.36. The van der Waals surface area contributed by atoms with Crippen molar-refractivity contribution in [2.75, 3.05) is 6.54 Å². The number of hydrogen-bond acceptors (Lipinski definition) is 2. The Kier molecular flexibility index (Phi) is 5.11. The molecule has 2 aromatic rings. The highest BCUT2D eigenvalue weighted by Gasteiger charge is 2.32. The summed E-state index contributed by atoms with van der Waals surface area (Å²) in [5.41, 5.74) is 2.20. The van der Waals surface area contributed by atoms with E-state index in [2.05, 4.69) is 18.4 Å². The van der Waals surface area contributed by atoms with Crippen molar-refractivity contribution < 1.29 is 9.18 Å². The molecule has 1 aliphatic rings. The molecule has 23 heavy (non-hydrogen) atoms. The number of thiophene rings is 1. The molecule has 1 aliphatic heterocycles. The highest BCUT2D eigenvalue weighted by atomic mass is 32.1. The van der Waals surface area contributed by atoms with Gasteiger partial charge in [0.2, 0.25) is 5.91 Å². The smallest absolute Gasteiger partial charge is 0.223 e. The van der Waals surface area contributed by atoms with Crippen LogP contribution in [-0.4, -0.2) is 17.4 Å². The lowest BCUT2D eigenvalue weighted by molar-refractivity contribution is -0.133. The van der Waals surface area contributed by atoms with E-state index in [9.17, 15) is 9.18 Å². The number of halogens is 1. The summed E-state index contributed by atoms with van der Waals surface area (Å²) >= 11 is 1.75. The highest BCUT2D eigenvalue weighted by molar-refractivity contribution is 7.10. The van der Waals surface area contributed by atoms with Gasteiger partial charge in [0.15, 0.2) is 0 Å². The first kappa shape index (κ1) is 16.2. The van der Waals surface area contributed by atoms with Crippen molar-refractivity contribution in [3.8, 4) is 0 Å². The maximum atomic E-state index is 13.3. The minimum atomic E-state index is -0.240. The minimum absolute atomic E-state index is 0.0697. The van der Waals surface area contributed by atoms with Crippen LogP contribution < -0.4 is 0 Å². The van der Waals surface area contributed by atoms with Crippen molar-refractivity contribution in [3.63, 3.8) is 0 Å². The Morgan fingerprint density at radius 2 is 2.04 bits per heavy atom. The second kappa shape index (κ2) is 7.26. The fraction of sp³-hybridized carbons (Fsp3) is 0.421. The van der Waals surface area contributed by atoms with E-state index in [1.54, 1.807) is 23.5 Å². The van der Waals surface area contributed by atoms with Gasteiger partial charge >= 0.3 is 0 Å². The van der Waals surface area contributed by atoms with Gasteiger partial charge < -0.3 is 4.90 Å². The predicted octanol–water partition coefficient (Wildman–Crippen LogP) is 4.94. The number of hydrogen-bond donors (Lipinski definition) is 0. The number of nitrogens with zero attached hydrogens (tertiary/aromatic N) is 1. The average Bonchev–Trinajstić information content (AvgIpc) is 3.03. The van der Waals surface area contributed by atoms with Crippen LogP contribution in [0.5, 0.6) is 0 Å². The number of benzene rings is 1. The van der Waals surface area contributed by atoms with Crippen LogP contribution in [0.1, 0.15) is 54.7 Å². The van der Waals surface area contributed by atoms with Crippen LogP contribution in [0.25, 0.3) is 0 Å². The summed E-state index contributed by atoms with van der Waals surface area (Å²) in [6, 6.07) is 8.61. The third kappa shape index (κ3) is 3.47. The summed E-state index contributed by atoms with van der Waals surface area (Å²) in [7, 11) is 0. The van der Waals surface area contributed by atoms with E-state index < -0.39 is 0 Å². The number of carbonyl (C=O) groups is 1. The van der Waals surface area contributed by atoms with E-state index in [0.717, 1.165) is 37.8 Å². The monoisotopic (exact) mass is 331 g/mol. The summed E-state index contributed by atoms with van der Waals surface area (Å²) < 4.78 is 13.3. The standard InChI is InChI=1S/C19H22FNOS/c1-2-3-4-5-18(22)21-12-10-17-16(11-13-23-17)19(21)14-6-8-15(20)9-7-14/h6-9,11,13,19H,2-5,10,12H2,1H3/t19-/m0/s1. The fourth-order valence-electron chi connectivity index (χ4n) is 3.26. The van der Waals surface area contributed by atoms with Gasteiger partial charge in [0.1, 0.15) is 5.82 Å². The lowest BCUT2D eigenvalue weighted by atomic mass is 9.92. The maximum absolute atomic E-state index is 13.3. The van der Waals surface area contributed by atoms with Crippen molar-refractivity contribution >= 4 is 17.2 Å². The van der Waals surface area contributed by atoms with Gasteiger partial charge in [-0.1, -0.05) is 31.9 Å². The first-order valence-corrected chi connectivity index (χ1v) is 9.20. The van der Waals surface area contributed by atoms with Crippen molar-refractivity contribution in [3.05, 3.63) is 57.5 Å². The summed E-state index contributed by atoms with van der Waals surface area (Å²) in [5, 5.41) is 2.09. The van der Waals surface area contributed by atoms with Crippen LogP contribution in [0.3, 0.4) is 0 Å². The third-order valence-corrected chi connectivity index (χ3v) is 5.46. The van der Waals surface area contributed by atoms with Crippen LogP contribution in [0.15, 0.2) is 35.7 Å². The molecule has 0 fully saturated rings. The molecule has 0 radical (unpaired) electrons. The molecule has 3 rings (SSSR count). The van der Waals surface area contributed by atoms with Crippen LogP contribution in [0, 0.1) is 5.82 Å². The minimum Gasteiger partial charge on any atom is -0.331 e. The van der Waals surface area contributed by atoms with E-state index in [4.69, 9.17) is 0 Å². The van der Waals surface area contributed by atoms with Crippen molar-refractivity contribution in [2.45, 2.75) is 45.1 Å². The molecule has 2 heterocycles. The van der Waals surface area contributed by atoms with E-state index in [0.29, 0.717) is 6.42 Å². The van der Waals surface area contributed by atoms with Gasteiger partial charge in [0, 0.05) is 17.8 Å². The van der Waals surface area contributed by atoms with E-state index in [1.165, 1.54) is 22.6 Å². The Hall–Kier alpha value is -1.68. The third-order valence-electron chi connectivity index (χ3n) is 4.47. The molecule has 0 bridgehead atoms. The molecule has 122 valence electrons. The molecule has 1 aromatic carbocycles. The normalized spacial score (nSPS) is 17.1. The fourth-order valence-corrected chi connectivity index (χ4v) is 4.16. The van der Waals surface area contributed by atoms with Crippen molar-refractivity contribution in [2.24, 2.45) is 0 Å². The molecule has 0 saturated carbocycles. The first-order chi connectivity index (χ1) is 11.2. The van der Waals surface area contributed by atoms with Crippen LogP contribution in [-0.2, 0) is 11.2 Å². The molecule has 4 heteroatoms. The quantitative estimate of drug-likeness (QED) is 0.711. The lowest BCUT2D eigenvalue weighted by Crippen LogP contribution is -2.40. The Labute approximate surface area is 140 Å². The first-order valence-electron chi connectivity index (χ1n) is 8.32. The maximum Gasteiger partial charge on any atom is 0.223 e. The number of amides is 1. The molecular weight excluding hydrogens is 309 g/mol. The molecule has 0 saturated heterocycles. The van der Waals surface area contributed by atoms with E-state index >= 15 is 0 Å². The highest BCUT2D eigenvalue weighted by Crippen LogP contribution is 2.38. The molecule has 1 amide bonds. The second-order valence-electron chi connectivity index (χ2n) is 6.05. The number of unbranched alkanes of at least 4 members (excludes halogenated alkanes) is 2. The topological polar surface area (TPSA) is 20.3 Å². The Balaban J connectivity index is 1.89. The zero-order valence-corrected chi connectivity index (χ0v) is 14.2.